The maximum Gasteiger partial charge on any atom is 0.229 e. The van der Waals surface area contributed by atoms with Gasteiger partial charge in [-0.15, -0.1) is 11.3 Å². The van der Waals surface area contributed by atoms with Gasteiger partial charge in [0, 0.05) is 17.2 Å². The second-order valence-corrected chi connectivity index (χ2v) is 7.45. The highest BCUT2D eigenvalue weighted by atomic mass is 32.1. The van der Waals surface area contributed by atoms with Crippen LogP contribution in [-0.4, -0.2) is 16.0 Å². The zero-order valence-corrected chi connectivity index (χ0v) is 14.1. The lowest BCUT2D eigenvalue weighted by Gasteiger charge is -2.18. The number of anilines is 1. The molecule has 1 aromatic heterocycles. The monoisotopic (exact) mass is 326 g/mol. The molecule has 0 spiro atoms. The number of hydrogen-bond donors (Lipinski definition) is 2. The largest absolute Gasteiger partial charge is 0.507 e. The van der Waals surface area contributed by atoms with Gasteiger partial charge in [0.25, 0.3) is 0 Å². The summed E-state index contributed by atoms with van der Waals surface area (Å²) in [4.78, 5) is 16.6. The van der Waals surface area contributed by atoms with Crippen LogP contribution in [0.1, 0.15) is 20.8 Å². The summed E-state index contributed by atoms with van der Waals surface area (Å²) >= 11 is 1.53. The van der Waals surface area contributed by atoms with Crippen molar-refractivity contribution in [3.8, 4) is 16.3 Å². The van der Waals surface area contributed by atoms with Gasteiger partial charge in [0.2, 0.25) is 5.91 Å². The molecule has 23 heavy (non-hydrogen) atoms. The molecular weight excluding hydrogens is 308 g/mol. The number of carbonyl (C=O) groups excluding carboxylic acids is 1. The van der Waals surface area contributed by atoms with Crippen LogP contribution in [0.2, 0.25) is 0 Å². The van der Waals surface area contributed by atoms with E-state index in [1.807, 2.05) is 45.0 Å². The van der Waals surface area contributed by atoms with Gasteiger partial charge in [-0.2, -0.15) is 0 Å². The Morgan fingerprint density at radius 2 is 1.91 bits per heavy atom. The van der Waals surface area contributed by atoms with Gasteiger partial charge in [-0.05, 0) is 24.3 Å². The van der Waals surface area contributed by atoms with E-state index in [2.05, 4.69) is 10.3 Å². The summed E-state index contributed by atoms with van der Waals surface area (Å²) in [5.74, 6) is 0.0143. The zero-order chi connectivity index (χ0) is 16.6. The number of carbonyl (C=O) groups is 1. The zero-order valence-electron chi connectivity index (χ0n) is 13.3. The summed E-state index contributed by atoms with van der Waals surface area (Å²) in [7, 11) is 0. The first-order valence-corrected chi connectivity index (χ1v) is 8.17. The number of aromatic hydroxyl groups is 1. The van der Waals surface area contributed by atoms with E-state index in [0.29, 0.717) is 11.3 Å². The van der Waals surface area contributed by atoms with E-state index in [0.717, 1.165) is 15.2 Å². The molecule has 2 N–H and O–H groups in total. The van der Waals surface area contributed by atoms with Crippen LogP contribution in [0.5, 0.6) is 5.75 Å². The first-order chi connectivity index (χ1) is 10.8. The lowest BCUT2D eigenvalue weighted by molar-refractivity contribution is -0.123. The van der Waals surface area contributed by atoms with Crippen molar-refractivity contribution in [1.82, 2.24) is 4.98 Å². The number of hydrogen-bond acceptors (Lipinski definition) is 4. The lowest BCUT2D eigenvalue weighted by Crippen LogP contribution is -2.27. The average molecular weight is 326 g/mol. The average Bonchev–Trinajstić information content (AvgIpc) is 2.89. The number of rotatable bonds is 2. The highest BCUT2D eigenvalue weighted by molar-refractivity contribution is 7.21. The summed E-state index contributed by atoms with van der Waals surface area (Å²) < 4.78 is 1.08. The van der Waals surface area contributed by atoms with Crippen LogP contribution in [0.4, 0.5) is 5.69 Å². The van der Waals surface area contributed by atoms with Gasteiger partial charge in [-0.1, -0.05) is 32.9 Å². The van der Waals surface area contributed by atoms with E-state index < -0.39 is 5.41 Å². The van der Waals surface area contributed by atoms with Crippen LogP contribution >= 0.6 is 11.3 Å². The van der Waals surface area contributed by atoms with Gasteiger partial charge >= 0.3 is 0 Å². The minimum atomic E-state index is -0.485. The highest BCUT2D eigenvalue weighted by Crippen LogP contribution is 2.36. The molecule has 0 saturated carbocycles. The van der Waals surface area contributed by atoms with Crippen LogP contribution in [0.15, 0.2) is 42.5 Å². The number of nitrogens with zero attached hydrogens (tertiary/aromatic N) is 1. The molecule has 0 saturated heterocycles. The van der Waals surface area contributed by atoms with Crippen LogP contribution in [0.25, 0.3) is 20.8 Å². The lowest BCUT2D eigenvalue weighted by atomic mass is 9.95. The second-order valence-electron chi connectivity index (χ2n) is 6.42. The van der Waals surface area contributed by atoms with Gasteiger partial charge in [-0.25, -0.2) is 4.98 Å². The Morgan fingerprint density at radius 3 is 2.57 bits per heavy atom. The molecule has 0 atom stereocenters. The van der Waals surface area contributed by atoms with E-state index in [1.165, 1.54) is 11.3 Å². The molecule has 0 unspecified atom stereocenters. The van der Waals surface area contributed by atoms with E-state index in [1.54, 1.807) is 18.2 Å². The van der Waals surface area contributed by atoms with Crippen molar-refractivity contribution in [2.24, 2.45) is 5.41 Å². The van der Waals surface area contributed by atoms with E-state index in [4.69, 9.17) is 0 Å². The van der Waals surface area contributed by atoms with Crippen LogP contribution < -0.4 is 5.32 Å². The molecule has 0 radical (unpaired) electrons. The van der Waals surface area contributed by atoms with Crippen LogP contribution in [0.3, 0.4) is 0 Å². The van der Waals surface area contributed by atoms with E-state index in [-0.39, 0.29) is 11.7 Å². The third-order valence-electron chi connectivity index (χ3n) is 3.46. The Bertz CT molecular complexity index is 845. The minimum absolute atomic E-state index is 0.0929. The van der Waals surface area contributed by atoms with Crippen LogP contribution in [-0.2, 0) is 4.79 Å². The number of aromatic nitrogens is 1. The van der Waals surface area contributed by atoms with Crippen molar-refractivity contribution >= 4 is 33.1 Å². The summed E-state index contributed by atoms with van der Waals surface area (Å²) in [6.45, 7) is 5.53. The molecule has 3 aromatic rings. The van der Waals surface area contributed by atoms with Crippen molar-refractivity contribution in [1.29, 1.82) is 0 Å². The van der Waals surface area contributed by atoms with Crippen molar-refractivity contribution in [3.05, 3.63) is 42.5 Å². The molecule has 5 heteroatoms. The predicted octanol–water partition coefficient (Wildman–Crippen LogP) is 4.65. The van der Waals surface area contributed by atoms with E-state index >= 15 is 0 Å². The van der Waals surface area contributed by atoms with Gasteiger partial charge < -0.3 is 10.4 Å². The topological polar surface area (TPSA) is 62.2 Å². The summed E-state index contributed by atoms with van der Waals surface area (Å²) in [6.07, 6.45) is 0. The number of nitrogens with one attached hydrogen (secondary N) is 1. The highest BCUT2D eigenvalue weighted by Gasteiger charge is 2.21. The SMILES string of the molecule is CC(C)(C)C(=O)Nc1ccc(-c2nc3ccccc3s2)c(O)c1. The molecule has 0 fully saturated rings. The summed E-state index contributed by atoms with van der Waals surface area (Å²) in [5.41, 5.74) is 1.67. The molecule has 3 rings (SSSR count). The second kappa shape index (κ2) is 5.66. The molecule has 0 aliphatic rings. The molecular formula is C18H18N2O2S. The Morgan fingerprint density at radius 1 is 1.17 bits per heavy atom. The Labute approximate surface area is 138 Å². The van der Waals surface area contributed by atoms with Crippen molar-refractivity contribution < 1.29 is 9.90 Å². The standard InChI is InChI=1S/C18H18N2O2S/c1-18(2,3)17(22)19-11-8-9-12(14(21)10-11)16-20-13-6-4-5-7-15(13)23-16/h4-10,21H,1-3H3,(H,19,22). The van der Waals surface area contributed by atoms with Crippen molar-refractivity contribution in [3.63, 3.8) is 0 Å². The third kappa shape index (κ3) is 3.19. The van der Waals surface area contributed by atoms with Gasteiger partial charge in [-0.3, -0.25) is 4.79 Å². The van der Waals surface area contributed by atoms with E-state index in [9.17, 15) is 9.90 Å². The van der Waals surface area contributed by atoms with Gasteiger partial charge in [0.15, 0.2) is 0 Å². The molecule has 2 aromatic carbocycles. The summed E-state index contributed by atoms with van der Waals surface area (Å²) in [5, 5.41) is 13.9. The van der Waals surface area contributed by atoms with Gasteiger partial charge in [0.1, 0.15) is 10.8 Å². The molecule has 4 nitrogen and oxygen atoms in total. The predicted molar refractivity (Wildman–Crippen MR) is 94.8 cm³/mol. The molecule has 1 heterocycles. The minimum Gasteiger partial charge on any atom is -0.507 e. The van der Waals surface area contributed by atoms with Gasteiger partial charge in [0.05, 0.1) is 15.8 Å². The first-order valence-electron chi connectivity index (χ1n) is 7.35. The molecule has 0 aliphatic carbocycles. The molecule has 118 valence electrons. The van der Waals surface area contributed by atoms with Crippen LogP contribution in [0, 0.1) is 5.41 Å². The number of fused-ring (bicyclic) bond motifs is 1. The molecule has 1 amide bonds. The van der Waals surface area contributed by atoms with Crippen molar-refractivity contribution in [2.75, 3.05) is 5.32 Å². The number of phenols is 1. The third-order valence-corrected chi connectivity index (χ3v) is 4.53. The quantitative estimate of drug-likeness (QED) is 0.720. The maximum absolute atomic E-state index is 12.0. The fourth-order valence-corrected chi connectivity index (χ4v) is 3.10. The smallest absolute Gasteiger partial charge is 0.229 e. The Hall–Kier alpha value is -2.40. The van der Waals surface area contributed by atoms with Crippen molar-refractivity contribution in [2.45, 2.75) is 20.8 Å². The normalized spacial score (nSPS) is 11.6. The fourth-order valence-electron chi connectivity index (χ4n) is 2.10. The molecule has 0 bridgehead atoms. The number of para-hydroxylation sites is 1. The summed E-state index contributed by atoms with van der Waals surface area (Å²) in [6, 6.07) is 13.0. The molecule has 0 aliphatic heterocycles. The number of amides is 1. The maximum atomic E-state index is 12.0. The number of phenolic OH excluding ortho intramolecular Hbond substituents is 1. The fraction of sp³-hybridized carbons (Fsp3) is 0.222. The Kier molecular flexibility index (Phi) is 3.82. The number of thiazole rings is 1. The Balaban J connectivity index is 1.91. The first kappa shape index (κ1) is 15.5. The number of benzene rings is 2.